The summed E-state index contributed by atoms with van der Waals surface area (Å²) in [4.78, 5) is 14.8. The maximum Gasteiger partial charge on any atom is 0.417 e. The van der Waals surface area contributed by atoms with Crippen molar-refractivity contribution < 1.29 is 32.5 Å². The molecule has 166 valence electrons. The van der Waals surface area contributed by atoms with Crippen LogP contribution in [-0.4, -0.2) is 29.4 Å². The van der Waals surface area contributed by atoms with Crippen molar-refractivity contribution in [2.45, 2.75) is 12.8 Å². The predicted octanol–water partition coefficient (Wildman–Crippen LogP) is 4.83. The summed E-state index contributed by atoms with van der Waals surface area (Å²) >= 11 is 0. The molecule has 0 spiro atoms. The molecule has 32 heavy (non-hydrogen) atoms. The molecule has 0 saturated carbocycles. The summed E-state index contributed by atoms with van der Waals surface area (Å²) in [5, 5.41) is 13.1. The Morgan fingerprint density at radius 3 is 2.62 bits per heavy atom. The van der Waals surface area contributed by atoms with E-state index in [2.05, 4.69) is 15.5 Å². The number of hydrogen-bond donors (Lipinski definition) is 2. The molecule has 1 aromatic heterocycles. The number of methoxy groups -OCH3 is 1. The molecule has 0 radical (unpaired) electrons. The largest absolute Gasteiger partial charge is 0.493 e. The molecule has 0 unspecified atom stereocenters. The van der Waals surface area contributed by atoms with Gasteiger partial charge in [-0.25, -0.2) is 9.78 Å². The maximum atomic E-state index is 12.6. The molecule has 0 aliphatic carbocycles. The monoisotopic (exact) mass is 445 g/mol. The average Bonchev–Trinajstić information content (AvgIpc) is 2.78. The molecule has 10 heteroatoms. The lowest BCUT2D eigenvalue weighted by atomic mass is 10.1. The van der Waals surface area contributed by atoms with Crippen molar-refractivity contribution in [1.82, 2.24) is 4.98 Å². The first-order valence-corrected chi connectivity index (χ1v) is 9.22. The molecule has 0 aliphatic rings. The Bertz CT molecular complexity index is 1120. The zero-order chi connectivity index (χ0) is 23.1. The highest BCUT2D eigenvalue weighted by atomic mass is 19.4. The Kier molecular flexibility index (Phi) is 6.93. The van der Waals surface area contributed by atoms with Gasteiger partial charge in [0.25, 0.3) is 0 Å². The Morgan fingerprint density at radius 2 is 1.97 bits per heavy atom. The molecule has 0 fully saturated rings. The SMILES string of the molecule is COc1cccc(/C=N\Nc2ccc(C(F)(F)F)cn2)c1OCc1cccc(C(=O)O)c1. The Hall–Kier alpha value is -4.08. The Morgan fingerprint density at radius 1 is 1.19 bits per heavy atom. The van der Waals surface area contributed by atoms with Crippen LogP contribution in [0.3, 0.4) is 0 Å². The molecule has 2 N–H and O–H groups in total. The number of carbonyl (C=O) groups is 1. The van der Waals surface area contributed by atoms with Crippen LogP contribution in [0, 0.1) is 0 Å². The van der Waals surface area contributed by atoms with E-state index in [1.165, 1.54) is 31.5 Å². The number of benzene rings is 2. The van der Waals surface area contributed by atoms with E-state index < -0.39 is 17.7 Å². The number of aromatic nitrogens is 1. The third kappa shape index (κ3) is 5.75. The van der Waals surface area contributed by atoms with Gasteiger partial charge in [0.2, 0.25) is 0 Å². The minimum atomic E-state index is -4.47. The van der Waals surface area contributed by atoms with Gasteiger partial charge in [-0.05, 0) is 42.0 Å². The second-order valence-corrected chi connectivity index (χ2v) is 6.47. The number of halogens is 3. The first-order chi connectivity index (χ1) is 15.3. The summed E-state index contributed by atoms with van der Waals surface area (Å²) < 4.78 is 49.0. The van der Waals surface area contributed by atoms with Crippen molar-refractivity contribution in [3.8, 4) is 11.5 Å². The van der Waals surface area contributed by atoms with E-state index in [0.29, 0.717) is 28.8 Å². The van der Waals surface area contributed by atoms with Crippen LogP contribution >= 0.6 is 0 Å². The summed E-state index contributed by atoms with van der Waals surface area (Å²) in [7, 11) is 1.47. The van der Waals surface area contributed by atoms with Crippen LogP contribution in [0.5, 0.6) is 11.5 Å². The molecule has 0 amide bonds. The third-order valence-corrected chi connectivity index (χ3v) is 4.26. The zero-order valence-electron chi connectivity index (χ0n) is 16.8. The molecule has 0 bridgehead atoms. The minimum absolute atomic E-state index is 0.0796. The lowest BCUT2D eigenvalue weighted by Crippen LogP contribution is -2.06. The van der Waals surface area contributed by atoms with Crippen LogP contribution < -0.4 is 14.9 Å². The number of carboxylic acids is 1. The molecule has 3 aromatic rings. The van der Waals surface area contributed by atoms with Crippen LogP contribution in [0.4, 0.5) is 19.0 Å². The fraction of sp³-hybridized carbons (Fsp3) is 0.136. The van der Waals surface area contributed by atoms with E-state index in [1.807, 2.05) is 0 Å². The highest BCUT2D eigenvalue weighted by Gasteiger charge is 2.30. The van der Waals surface area contributed by atoms with Crippen molar-refractivity contribution in [3.63, 3.8) is 0 Å². The van der Waals surface area contributed by atoms with Crippen LogP contribution in [0.15, 0.2) is 65.9 Å². The van der Waals surface area contributed by atoms with E-state index >= 15 is 0 Å². The number of ether oxygens (including phenoxy) is 2. The zero-order valence-corrected chi connectivity index (χ0v) is 16.8. The normalized spacial score (nSPS) is 11.4. The number of carboxylic acid groups (broad SMARTS) is 1. The summed E-state index contributed by atoms with van der Waals surface area (Å²) in [5.41, 5.74) is 3.01. The Labute approximate surface area is 181 Å². The minimum Gasteiger partial charge on any atom is -0.493 e. The van der Waals surface area contributed by atoms with Gasteiger partial charge in [-0.3, -0.25) is 5.43 Å². The quantitative estimate of drug-likeness (QED) is 0.381. The molecule has 2 aromatic carbocycles. The predicted molar refractivity (Wildman–Crippen MR) is 111 cm³/mol. The van der Waals surface area contributed by atoms with Crippen LogP contribution in [0.2, 0.25) is 0 Å². The maximum absolute atomic E-state index is 12.6. The molecule has 0 saturated heterocycles. The number of alkyl halides is 3. The van der Waals surface area contributed by atoms with E-state index in [0.717, 1.165) is 6.07 Å². The van der Waals surface area contributed by atoms with Gasteiger partial charge in [0.1, 0.15) is 12.4 Å². The van der Waals surface area contributed by atoms with E-state index in [-0.39, 0.29) is 18.0 Å². The standard InChI is InChI=1S/C22H18F3N3O4/c1-31-18-7-3-6-16(11-27-28-19-9-8-17(12-26-19)22(23,24)25)20(18)32-13-14-4-2-5-15(10-14)21(29)30/h2-12H,13H2,1H3,(H,26,28)(H,29,30)/b27-11-. The van der Waals surface area contributed by atoms with Crippen LogP contribution in [0.1, 0.15) is 27.0 Å². The number of nitrogens with one attached hydrogen (secondary N) is 1. The van der Waals surface area contributed by atoms with Gasteiger partial charge in [0, 0.05) is 11.8 Å². The highest BCUT2D eigenvalue weighted by Crippen LogP contribution is 2.31. The number of para-hydroxylation sites is 1. The number of hydrazone groups is 1. The van der Waals surface area contributed by atoms with Gasteiger partial charge < -0.3 is 14.6 Å². The van der Waals surface area contributed by atoms with Gasteiger partial charge in [-0.2, -0.15) is 18.3 Å². The van der Waals surface area contributed by atoms with Gasteiger partial charge in [-0.1, -0.05) is 18.2 Å². The van der Waals surface area contributed by atoms with Crippen molar-refractivity contribution >= 4 is 18.0 Å². The molecule has 7 nitrogen and oxygen atoms in total. The molecule has 1 heterocycles. The number of anilines is 1. The number of pyridine rings is 1. The molecule has 0 aliphatic heterocycles. The second-order valence-electron chi connectivity index (χ2n) is 6.47. The summed E-state index contributed by atoms with van der Waals surface area (Å²) in [6.07, 6.45) is -2.35. The van der Waals surface area contributed by atoms with Crippen molar-refractivity contribution in [2.75, 3.05) is 12.5 Å². The fourth-order valence-corrected chi connectivity index (χ4v) is 2.69. The number of hydrogen-bond acceptors (Lipinski definition) is 6. The second kappa shape index (κ2) is 9.82. The van der Waals surface area contributed by atoms with Gasteiger partial charge in [0.15, 0.2) is 11.5 Å². The molecular formula is C22H18F3N3O4. The van der Waals surface area contributed by atoms with Gasteiger partial charge in [-0.15, -0.1) is 0 Å². The van der Waals surface area contributed by atoms with E-state index in [1.54, 1.807) is 30.3 Å². The van der Waals surface area contributed by atoms with Crippen LogP contribution in [-0.2, 0) is 12.8 Å². The van der Waals surface area contributed by atoms with Crippen molar-refractivity contribution in [1.29, 1.82) is 0 Å². The first-order valence-electron chi connectivity index (χ1n) is 9.22. The van der Waals surface area contributed by atoms with Crippen molar-refractivity contribution in [3.05, 3.63) is 83.0 Å². The summed E-state index contributed by atoms with van der Waals surface area (Å²) in [5.74, 6) is -0.123. The van der Waals surface area contributed by atoms with Gasteiger partial charge in [0.05, 0.1) is 24.5 Å². The van der Waals surface area contributed by atoms with E-state index in [4.69, 9.17) is 14.6 Å². The number of aromatic carboxylic acids is 1. The Balaban J connectivity index is 1.74. The third-order valence-electron chi connectivity index (χ3n) is 4.26. The highest BCUT2D eigenvalue weighted by molar-refractivity contribution is 5.87. The fourth-order valence-electron chi connectivity index (χ4n) is 2.69. The van der Waals surface area contributed by atoms with Gasteiger partial charge >= 0.3 is 12.1 Å². The molecular weight excluding hydrogens is 427 g/mol. The summed E-state index contributed by atoms with van der Waals surface area (Å²) in [6.45, 7) is 0.0796. The summed E-state index contributed by atoms with van der Waals surface area (Å²) in [6, 6.07) is 13.5. The topological polar surface area (TPSA) is 93.0 Å². The smallest absolute Gasteiger partial charge is 0.417 e. The number of rotatable bonds is 8. The molecule has 0 atom stereocenters. The van der Waals surface area contributed by atoms with E-state index in [9.17, 15) is 18.0 Å². The first kappa shape index (κ1) is 22.6. The lowest BCUT2D eigenvalue weighted by Gasteiger charge is -2.13. The molecule has 3 rings (SSSR count). The number of nitrogens with zero attached hydrogens (tertiary/aromatic N) is 2. The van der Waals surface area contributed by atoms with Crippen molar-refractivity contribution in [2.24, 2.45) is 5.10 Å². The average molecular weight is 445 g/mol. The lowest BCUT2D eigenvalue weighted by molar-refractivity contribution is -0.137. The van der Waals surface area contributed by atoms with Crippen LogP contribution in [0.25, 0.3) is 0 Å².